The van der Waals surface area contributed by atoms with Crippen molar-refractivity contribution in [1.82, 2.24) is 15.2 Å². The van der Waals surface area contributed by atoms with E-state index in [0.29, 0.717) is 0 Å². The van der Waals surface area contributed by atoms with Gasteiger partial charge in [-0.3, -0.25) is 9.88 Å². The molecule has 0 saturated heterocycles. The van der Waals surface area contributed by atoms with Crippen LogP contribution in [0.2, 0.25) is 0 Å². The molecule has 0 aromatic carbocycles. The van der Waals surface area contributed by atoms with Crippen LogP contribution in [0.1, 0.15) is 30.7 Å². The molecule has 4 heteroatoms. The molecule has 0 aliphatic rings. The molecule has 0 amide bonds. The molecule has 20 heavy (non-hydrogen) atoms. The van der Waals surface area contributed by atoms with Gasteiger partial charge in [0.25, 0.3) is 0 Å². The highest BCUT2D eigenvalue weighted by atomic mass is 16.3. The van der Waals surface area contributed by atoms with Gasteiger partial charge in [0.15, 0.2) is 0 Å². The maximum Gasteiger partial charge on any atom is 0.118 e. The lowest BCUT2D eigenvalue weighted by atomic mass is 10.2. The second-order valence-corrected chi connectivity index (χ2v) is 4.86. The molecule has 108 valence electrons. The Kier molecular flexibility index (Phi) is 5.77. The topological polar surface area (TPSA) is 41.3 Å². The van der Waals surface area contributed by atoms with Crippen LogP contribution in [-0.4, -0.2) is 23.0 Å². The first-order valence-corrected chi connectivity index (χ1v) is 7.20. The Hall–Kier alpha value is -1.65. The Morgan fingerprint density at radius 3 is 2.65 bits per heavy atom. The van der Waals surface area contributed by atoms with Crippen molar-refractivity contribution >= 4 is 0 Å². The molecular formula is C16H23N3O. The van der Waals surface area contributed by atoms with E-state index in [1.54, 1.807) is 0 Å². The molecule has 0 unspecified atom stereocenters. The molecular weight excluding hydrogens is 250 g/mol. The van der Waals surface area contributed by atoms with E-state index in [-0.39, 0.29) is 0 Å². The van der Waals surface area contributed by atoms with Crippen LogP contribution < -0.4 is 5.32 Å². The molecule has 0 aliphatic heterocycles. The van der Waals surface area contributed by atoms with Gasteiger partial charge in [0.1, 0.15) is 5.76 Å². The van der Waals surface area contributed by atoms with Gasteiger partial charge in [0.2, 0.25) is 0 Å². The fraction of sp³-hybridized carbons (Fsp3) is 0.438. The first-order chi connectivity index (χ1) is 9.81. The molecule has 0 aliphatic carbocycles. The minimum atomic E-state index is 0.838. The van der Waals surface area contributed by atoms with E-state index in [0.717, 1.165) is 38.5 Å². The van der Waals surface area contributed by atoms with Crippen molar-refractivity contribution in [3.63, 3.8) is 0 Å². The molecule has 2 aromatic rings. The summed E-state index contributed by atoms with van der Waals surface area (Å²) in [5.41, 5.74) is 2.49. The lowest BCUT2D eigenvalue weighted by molar-refractivity contribution is 0.247. The lowest BCUT2D eigenvalue weighted by Crippen LogP contribution is -2.22. The van der Waals surface area contributed by atoms with Crippen LogP contribution in [0.3, 0.4) is 0 Å². The fourth-order valence-corrected chi connectivity index (χ4v) is 2.12. The standard InChI is InChI=1S/C16H23N3O/c1-3-17-10-15-9-16(20-13-15)12-19(4-2)11-14-5-7-18-8-6-14/h5-9,13,17H,3-4,10-12H2,1-2H3. The van der Waals surface area contributed by atoms with Crippen LogP contribution in [-0.2, 0) is 19.6 Å². The SMILES string of the molecule is CCNCc1coc(CN(CC)Cc2ccncc2)c1. The van der Waals surface area contributed by atoms with Crippen LogP contribution in [0.4, 0.5) is 0 Å². The van der Waals surface area contributed by atoms with Crippen LogP contribution in [0.15, 0.2) is 41.3 Å². The smallest absolute Gasteiger partial charge is 0.118 e. The summed E-state index contributed by atoms with van der Waals surface area (Å²) in [4.78, 5) is 6.40. The summed E-state index contributed by atoms with van der Waals surface area (Å²) in [6, 6.07) is 6.25. The zero-order valence-electron chi connectivity index (χ0n) is 12.3. The van der Waals surface area contributed by atoms with Crippen molar-refractivity contribution in [2.24, 2.45) is 0 Å². The number of nitrogens with one attached hydrogen (secondary N) is 1. The van der Waals surface area contributed by atoms with Gasteiger partial charge in [0, 0.05) is 31.0 Å². The van der Waals surface area contributed by atoms with Crippen molar-refractivity contribution in [1.29, 1.82) is 0 Å². The molecule has 0 saturated carbocycles. The summed E-state index contributed by atoms with van der Waals surface area (Å²) in [5.74, 6) is 1.02. The van der Waals surface area contributed by atoms with E-state index < -0.39 is 0 Å². The van der Waals surface area contributed by atoms with Crippen LogP contribution in [0.5, 0.6) is 0 Å². The van der Waals surface area contributed by atoms with Gasteiger partial charge in [-0.25, -0.2) is 0 Å². The quantitative estimate of drug-likeness (QED) is 0.803. The van der Waals surface area contributed by atoms with Gasteiger partial charge >= 0.3 is 0 Å². The predicted octanol–water partition coefficient (Wildman–Crippen LogP) is 2.81. The summed E-state index contributed by atoms with van der Waals surface area (Å²) in [5, 5.41) is 3.30. The van der Waals surface area contributed by atoms with E-state index in [4.69, 9.17) is 4.42 Å². The maximum absolute atomic E-state index is 5.64. The largest absolute Gasteiger partial charge is 0.468 e. The summed E-state index contributed by atoms with van der Waals surface area (Å²) in [6.45, 7) is 8.87. The Morgan fingerprint density at radius 2 is 1.95 bits per heavy atom. The van der Waals surface area contributed by atoms with E-state index >= 15 is 0 Å². The molecule has 2 rings (SSSR count). The average Bonchev–Trinajstić information content (AvgIpc) is 2.93. The van der Waals surface area contributed by atoms with Crippen molar-refractivity contribution < 1.29 is 4.42 Å². The summed E-state index contributed by atoms with van der Waals surface area (Å²) in [7, 11) is 0. The zero-order valence-corrected chi connectivity index (χ0v) is 12.3. The number of rotatable bonds is 8. The molecule has 4 nitrogen and oxygen atoms in total. The van der Waals surface area contributed by atoms with Crippen molar-refractivity contribution in [2.45, 2.75) is 33.5 Å². The minimum Gasteiger partial charge on any atom is -0.468 e. The average molecular weight is 273 g/mol. The highest BCUT2D eigenvalue weighted by molar-refractivity contribution is 5.13. The first-order valence-electron chi connectivity index (χ1n) is 7.20. The van der Waals surface area contributed by atoms with Crippen molar-refractivity contribution in [3.8, 4) is 0 Å². The number of nitrogens with zero attached hydrogens (tertiary/aromatic N) is 2. The van der Waals surface area contributed by atoms with Crippen LogP contribution in [0.25, 0.3) is 0 Å². The third kappa shape index (κ3) is 4.47. The Morgan fingerprint density at radius 1 is 1.15 bits per heavy atom. The van der Waals surface area contributed by atoms with Gasteiger partial charge in [-0.2, -0.15) is 0 Å². The minimum absolute atomic E-state index is 0.838. The van der Waals surface area contributed by atoms with Gasteiger partial charge in [-0.15, -0.1) is 0 Å². The number of aromatic nitrogens is 1. The van der Waals surface area contributed by atoms with E-state index in [1.807, 2.05) is 18.7 Å². The Bertz CT molecular complexity index is 495. The highest BCUT2D eigenvalue weighted by Crippen LogP contribution is 2.12. The summed E-state index contributed by atoms with van der Waals surface area (Å²) < 4.78 is 5.64. The van der Waals surface area contributed by atoms with E-state index in [2.05, 4.69) is 47.2 Å². The van der Waals surface area contributed by atoms with Gasteiger partial charge in [0.05, 0.1) is 12.8 Å². The predicted molar refractivity (Wildman–Crippen MR) is 80.1 cm³/mol. The fourth-order valence-electron chi connectivity index (χ4n) is 2.12. The second-order valence-electron chi connectivity index (χ2n) is 4.86. The molecule has 0 atom stereocenters. The monoisotopic (exact) mass is 273 g/mol. The Balaban J connectivity index is 1.91. The number of hydrogen-bond acceptors (Lipinski definition) is 4. The van der Waals surface area contributed by atoms with E-state index in [1.165, 1.54) is 11.1 Å². The number of hydrogen-bond donors (Lipinski definition) is 1. The molecule has 1 N–H and O–H groups in total. The number of pyridine rings is 1. The maximum atomic E-state index is 5.64. The highest BCUT2D eigenvalue weighted by Gasteiger charge is 2.08. The zero-order chi connectivity index (χ0) is 14.2. The third-order valence-corrected chi connectivity index (χ3v) is 3.27. The molecule has 2 aromatic heterocycles. The van der Waals surface area contributed by atoms with E-state index in [9.17, 15) is 0 Å². The first kappa shape index (κ1) is 14.8. The molecule has 2 heterocycles. The molecule has 0 radical (unpaired) electrons. The van der Waals surface area contributed by atoms with Crippen molar-refractivity contribution in [2.75, 3.05) is 13.1 Å². The molecule has 0 spiro atoms. The molecule has 0 fully saturated rings. The van der Waals surface area contributed by atoms with Crippen LogP contribution in [0, 0.1) is 0 Å². The van der Waals surface area contributed by atoms with Gasteiger partial charge in [-0.05, 0) is 36.9 Å². The Labute approximate surface area is 120 Å². The summed E-state index contributed by atoms with van der Waals surface area (Å²) >= 11 is 0. The second kappa shape index (κ2) is 7.82. The van der Waals surface area contributed by atoms with Crippen LogP contribution >= 0.6 is 0 Å². The molecule has 0 bridgehead atoms. The van der Waals surface area contributed by atoms with Crippen molar-refractivity contribution in [3.05, 3.63) is 53.7 Å². The third-order valence-electron chi connectivity index (χ3n) is 3.27. The lowest BCUT2D eigenvalue weighted by Gasteiger charge is -2.18. The normalized spacial score (nSPS) is 11.2. The number of furan rings is 1. The van der Waals surface area contributed by atoms with Gasteiger partial charge in [-0.1, -0.05) is 13.8 Å². The summed E-state index contributed by atoms with van der Waals surface area (Å²) in [6.07, 6.45) is 5.52. The van der Waals surface area contributed by atoms with Gasteiger partial charge < -0.3 is 9.73 Å².